The third-order valence-corrected chi connectivity index (χ3v) is 5.97. The van der Waals surface area contributed by atoms with Crippen molar-refractivity contribution in [2.24, 2.45) is 0 Å². The van der Waals surface area contributed by atoms with Gasteiger partial charge in [0.25, 0.3) is 0 Å². The largest absolute Gasteiger partial charge is 0.496 e. The topological polar surface area (TPSA) is 86.0 Å². The minimum absolute atomic E-state index is 0.0262. The van der Waals surface area contributed by atoms with E-state index in [1.54, 1.807) is 38.6 Å². The monoisotopic (exact) mass is 410 g/mol. The molecular weight excluding hydrogens is 388 g/mol. The number of ether oxygens (including phenoxy) is 1. The van der Waals surface area contributed by atoms with Gasteiger partial charge in [0, 0.05) is 42.7 Å². The van der Waals surface area contributed by atoms with Gasteiger partial charge in [-0.2, -0.15) is 5.10 Å². The second-order valence-electron chi connectivity index (χ2n) is 7.12. The average Bonchev–Trinajstić information content (AvgIpc) is 2.93. The molecule has 4 heterocycles. The standard InChI is InChI=1S/C20H22N6O2S/c1-11-7-21-15(12(2)17(11)28-5)8-26-18-16-14(24-26)6-13(20(27)25(3)4)9-29-19(16)23-10-22-18/h6-7,10H,8-9H2,1-5H3. The number of aromatic nitrogens is 5. The van der Waals surface area contributed by atoms with E-state index in [0.29, 0.717) is 23.6 Å². The predicted octanol–water partition coefficient (Wildman–Crippen LogP) is 2.47. The van der Waals surface area contributed by atoms with Crippen molar-refractivity contribution in [1.82, 2.24) is 29.6 Å². The van der Waals surface area contributed by atoms with Crippen molar-refractivity contribution in [2.45, 2.75) is 25.4 Å². The maximum Gasteiger partial charge on any atom is 0.250 e. The van der Waals surface area contributed by atoms with Crippen LogP contribution in [0.2, 0.25) is 0 Å². The third-order valence-electron chi connectivity index (χ3n) is 4.93. The highest BCUT2D eigenvalue weighted by Crippen LogP contribution is 2.34. The molecular formula is C20H22N6O2S. The molecule has 0 saturated carbocycles. The third kappa shape index (κ3) is 3.35. The zero-order valence-electron chi connectivity index (χ0n) is 17.1. The Hall–Kier alpha value is -2.94. The SMILES string of the molecule is COc1c(C)cnc(Cn2nc3c4c(ncnc42)SCC(C(=O)N(C)C)=C3)c1C. The average molecular weight is 411 g/mol. The predicted molar refractivity (Wildman–Crippen MR) is 112 cm³/mol. The molecule has 0 aliphatic carbocycles. The fourth-order valence-corrected chi connectivity index (χ4v) is 4.43. The van der Waals surface area contributed by atoms with E-state index in [9.17, 15) is 4.79 Å². The van der Waals surface area contributed by atoms with Gasteiger partial charge in [-0.05, 0) is 19.9 Å². The van der Waals surface area contributed by atoms with Crippen molar-refractivity contribution in [3.05, 3.63) is 40.6 Å². The molecule has 8 nitrogen and oxygen atoms in total. The van der Waals surface area contributed by atoms with Crippen molar-refractivity contribution in [3.63, 3.8) is 0 Å². The number of nitrogens with zero attached hydrogens (tertiary/aromatic N) is 6. The molecule has 0 bridgehead atoms. The molecule has 0 atom stereocenters. The van der Waals surface area contributed by atoms with Gasteiger partial charge in [-0.15, -0.1) is 11.8 Å². The van der Waals surface area contributed by atoms with Crippen LogP contribution in [0, 0.1) is 13.8 Å². The molecule has 9 heteroatoms. The second-order valence-corrected chi connectivity index (χ2v) is 8.09. The quantitative estimate of drug-likeness (QED) is 0.611. The minimum Gasteiger partial charge on any atom is -0.496 e. The number of amides is 1. The molecule has 1 amide bonds. The lowest BCUT2D eigenvalue weighted by Gasteiger charge is -2.13. The number of hydrogen-bond acceptors (Lipinski definition) is 7. The van der Waals surface area contributed by atoms with Gasteiger partial charge in [0.15, 0.2) is 5.65 Å². The zero-order valence-corrected chi connectivity index (χ0v) is 17.9. The number of thioether (sulfide) groups is 1. The van der Waals surface area contributed by atoms with Gasteiger partial charge in [-0.3, -0.25) is 9.78 Å². The van der Waals surface area contributed by atoms with E-state index in [2.05, 4.69) is 15.0 Å². The van der Waals surface area contributed by atoms with Crippen LogP contribution >= 0.6 is 11.8 Å². The second kappa shape index (κ2) is 7.47. The molecule has 1 aliphatic heterocycles. The molecule has 0 fully saturated rings. The van der Waals surface area contributed by atoms with E-state index in [0.717, 1.165) is 38.6 Å². The first kappa shape index (κ1) is 19.4. The number of methoxy groups -OCH3 is 1. The summed E-state index contributed by atoms with van der Waals surface area (Å²) in [7, 11) is 5.16. The van der Waals surface area contributed by atoms with Crippen LogP contribution in [0.1, 0.15) is 22.5 Å². The highest BCUT2D eigenvalue weighted by Gasteiger charge is 2.23. The Morgan fingerprint density at radius 1 is 1.28 bits per heavy atom. The first-order chi connectivity index (χ1) is 13.9. The minimum atomic E-state index is -0.0262. The van der Waals surface area contributed by atoms with Crippen molar-refractivity contribution < 1.29 is 9.53 Å². The van der Waals surface area contributed by atoms with Crippen molar-refractivity contribution in [2.75, 3.05) is 27.0 Å². The number of aryl methyl sites for hydroxylation is 1. The Bertz CT molecular complexity index is 1150. The molecule has 3 aromatic rings. The van der Waals surface area contributed by atoms with Crippen molar-refractivity contribution in [1.29, 1.82) is 0 Å². The van der Waals surface area contributed by atoms with Gasteiger partial charge in [-0.25, -0.2) is 14.6 Å². The number of hydrogen-bond donors (Lipinski definition) is 0. The molecule has 0 aromatic carbocycles. The Morgan fingerprint density at radius 2 is 2.07 bits per heavy atom. The molecule has 3 aromatic heterocycles. The fourth-order valence-electron chi connectivity index (χ4n) is 3.46. The molecule has 1 aliphatic rings. The van der Waals surface area contributed by atoms with E-state index in [4.69, 9.17) is 9.84 Å². The van der Waals surface area contributed by atoms with Gasteiger partial charge in [-0.1, -0.05) is 0 Å². The highest BCUT2D eigenvalue weighted by atomic mass is 32.2. The van der Waals surface area contributed by atoms with Gasteiger partial charge >= 0.3 is 0 Å². The Balaban J connectivity index is 1.82. The maximum absolute atomic E-state index is 12.5. The van der Waals surface area contributed by atoms with Crippen LogP contribution in [0.3, 0.4) is 0 Å². The van der Waals surface area contributed by atoms with Crippen LogP contribution < -0.4 is 4.74 Å². The number of carbonyl (C=O) groups is 1. The van der Waals surface area contributed by atoms with Crippen LogP contribution in [-0.4, -0.2) is 62.5 Å². The number of rotatable bonds is 4. The summed E-state index contributed by atoms with van der Waals surface area (Å²) in [4.78, 5) is 27.6. The van der Waals surface area contributed by atoms with Crippen LogP contribution in [0.5, 0.6) is 5.75 Å². The number of carbonyl (C=O) groups excluding carboxylic acids is 1. The molecule has 0 spiro atoms. The van der Waals surface area contributed by atoms with Gasteiger partial charge in [0.05, 0.1) is 30.4 Å². The summed E-state index contributed by atoms with van der Waals surface area (Å²) < 4.78 is 7.35. The van der Waals surface area contributed by atoms with Crippen LogP contribution in [0.15, 0.2) is 23.1 Å². The first-order valence-electron chi connectivity index (χ1n) is 9.16. The first-order valence-corrected chi connectivity index (χ1v) is 10.1. The summed E-state index contributed by atoms with van der Waals surface area (Å²) >= 11 is 1.53. The molecule has 0 radical (unpaired) electrons. The lowest BCUT2D eigenvalue weighted by molar-refractivity contribution is -0.124. The summed E-state index contributed by atoms with van der Waals surface area (Å²) in [6, 6.07) is 0. The van der Waals surface area contributed by atoms with E-state index in [1.165, 1.54) is 11.8 Å². The normalized spacial score (nSPS) is 13.2. The summed E-state index contributed by atoms with van der Waals surface area (Å²) in [6.45, 7) is 4.42. The van der Waals surface area contributed by atoms with Gasteiger partial charge in [0.1, 0.15) is 17.1 Å². The molecule has 0 unspecified atom stereocenters. The van der Waals surface area contributed by atoms with E-state index >= 15 is 0 Å². The Morgan fingerprint density at radius 3 is 2.79 bits per heavy atom. The molecule has 0 saturated heterocycles. The van der Waals surface area contributed by atoms with Gasteiger partial charge in [0.2, 0.25) is 5.91 Å². The summed E-state index contributed by atoms with van der Waals surface area (Å²) in [5.74, 6) is 1.36. The Kier molecular flexibility index (Phi) is 4.99. The Labute approximate surface area is 173 Å². The molecule has 0 N–H and O–H groups in total. The zero-order chi connectivity index (χ0) is 20.7. The summed E-state index contributed by atoms with van der Waals surface area (Å²) in [6.07, 6.45) is 5.20. The van der Waals surface area contributed by atoms with E-state index in [-0.39, 0.29) is 5.91 Å². The lowest BCUT2D eigenvalue weighted by atomic mass is 10.1. The molecule has 29 heavy (non-hydrogen) atoms. The lowest BCUT2D eigenvalue weighted by Crippen LogP contribution is -2.24. The smallest absolute Gasteiger partial charge is 0.250 e. The maximum atomic E-state index is 12.5. The van der Waals surface area contributed by atoms with E-state index < -0.39 is 0 Å². The molecule has 150 valence electrons. The number of likely N-dealkylation sites (N-methyl/N-ethyl adjacent to an activating group) is 1. The van der Waals surface area contributed by atoms with Crippen LogP contribution in [0.4, 0.5) is 0 Å². The summed E-state index contributed by atoms with van der Waals surface area (Å²) in [5, 5.41) is 6.46. The van der Waals surface area contributed by atoms with Crippen molar-refractivity contribution >= 4 is 34.8 Å². The summed E-state index contributed by atoms with van der Waals surface area (Å²) in [5.41, 5.74) is 4.96. The van der Waals surface area contributed by atoms with E-state index in [1.807, 2.05) is 24.6 Å². The van der Waals surface area contributed by atoms with Crippen LogP contribution in [-0.2, 0) is 11.3 Å². The molecule has 4 rings (SSSR count). The highest BCUT2D eigenvalue weighted by molar-refractivity contribution is 7.99. The fraction of sp³-hybridized carbons (Fsp3) is 0.350. The van der Waals surface area contributed by atoms with Gasteiger partial charge < -0.3 is 9.64 Å². The number of pyridine rings is 1. The van der Waals surface area contributed by atoms with Crippen LogP contribution in [0.25, 0.3) is 17.1 Å². The van der Waals surface area contributed by atoms with Crippen molar-refractivity contribution in [3.8, 4) is 5.75 Å².